The molecule has 1 aromatic heterocycles. The van der Waals surface area contributed by atoms with Gasteiger partial charge in [0.25, 0.3) is 0 Å². The van der Waals surface area contributed by atoms with Crippen LogP contribution >= 0.6 is 12.2 Å². The molecule has 0 saturated carbocycles. The largest absolute Gasteiger partial charge is 0.388 e. The van der Waals surface area contributed by atoms with Crippen molar-refractivity contribution in [3.8, 4) is 0 Å². The van der Waals surface area contributed by atoms with Gasteiger partial charge in [-0.2, -0.15) is 5.10 Å². The van der Waals surface area contributed by atoms with Crippen LogP contribution in [0.15, 0.2) is 24.3 Å². The van der Waals surface area contributed by atoms with Crippen LogP contribution in [0, 0.1) is 0 Å². The van der Waals surface area contributed by atoms with Crippen LogP contribution in [0.5, 0.6) is 0 Å². The van der Waals surface area contributed by atoms with Gasteiger partial charge >= 0.3 is 0 Å². The lowest BCUT2D eigenvalue weighted by atomic mass is 10.2. The van der Waals surface area contributed by atoms with E-state index in [0.717, 1.165) is 10.9 Å². The van der Waals surface area contributed by atoms with Gasteiger partial charge in [0.05, 0.1) is 5.52 Å². The minimum Gasteiger partial charge on any atom is -0.388 e. The van der Waals surface area contributed by atoms with Gasteiger partial charge in [0.15, 0.2) is 0 Å². The Bertz CT molecular complexity index is 473. The van der Waals surface area contributed by atoms with Crippen molar-refractivity contribution in [2.24, 2.45) is 12.8 Å². The minimum atomic E-state index is 0.344. The van der Waals surface area contributed by atoms with Crippen LogP contribution in [0.2, 0.25) is 0 Å². The number of hydrogen-bond acceptors (Lipinski definition) is 2. The van der Waals surface area contributed by atoms with Crippen molar-refractivity contribution in [3.63, 3.8) is 0 Å². The Balaban J connectivity index is 2.85. The zero-order valence-electron chi connectivity index (χ0n) is 7.19. The smallest absolute Gasteiger partial charge is 0.127 e. The van der Waals surface area contributed by atoms with Crippen molar-refractivity contribution >= 4 is 28.1 Å². The number of thiocarbonyl (C=S) groups is 1. The molecule has 1 aromatic carbocycles. The summed E-state index contributed by atoms with van der Waals surface area (Å²) >= 11 is 4.90. The third-order valence-corrected chi connectivity index (χ3v) is 2.18. The molecule has 0 unspecified atom stereocenters. The van der Waals surface area contributed by atoms with Crippen molar-refractivity contribution in [1.29, 1.82) is 0 Å². The molecule has 1 heterocycles. The SMILES string of the molecule is Cn1nc(C(N)=S)c2ccccc21. The summed E-state index contributed by atoms with van der Waals surface area (Å²) in [5, 5.41) is 5.25. The Hall–Kier alpha value is -1.42. The molecule has 0 radical (unpaired) electrons. The lowest BCUT2D eigenvalue weighted by Gasteiger charge is -1.91. The van der Waals surface area contributed by atoms with E-state index >= 15 is 0 Å². The molecule has 0 aliphatic rings. The number of rotatable bonds is 1. The molecule has 0 bridgehead atoms. The third kappa shape index (κ3) is 1.19. The van der Waals surface area contributed by atoms with Crippen LogP contribution in [0.4, 0.5) is 0 Å². The second-order valence-corrected chi connectivity index (χ2v) is 3.29. The van der Waals surface area contributed by atoms with Crippen molar-refractivity contribution < 1.29 is 0 Å². The van der Waals surface area contributed by atoms with Crippen molar-refractivity contribution in [2.45, 2.75) is 0 Å². The number of hydrogen-bond donors (Lipinski definition) is 1. The predicted octanol–water partition coefficient (Wildman–Crippen LogP) is 1.21. The van der Waals surface area contributed by atoms with Crippen molar-refractivity contribution in [1.82, 2.24) is 9.78 Å². The number of aryl methyl sites for hydroxylation is 1. The van der Waals surface area contributed by atoms with Crippen LogP contribution in [0.1, 0.15) is 5.69 Å². The molecule has 2 rings (SSSR count). The Labute approximate surface area is 81.1 Å². The van der Waals surface area contributed by atoms with Crippen LogP contribution in [-0.4, -0.2) is 14.8 Å². The van der Waals surface area contributed by atoms with Crippen LogP contribution in [0.25, 0.3) is 10.9 Å². The van der Waals surface area contributed by atoms with E-state index in [9.17, 15) is 0 Å². The summed E-state index contributed by atoms with van der Waals surface area (Å²) in [7, 11) is 1.88. The first-order valence-corrected chi connectivity index (χ1v) is 4.32. The fourth-order valence-corrected chi connectivity index (χ4v) is 1.55. The highest BCUT2D eigenvalue weighted by Gasteiger charge is 2.08. The first kappa shape index (κ1) is 8.19. The fraction of sp³-hybridized carbons (Fsp3) is 0.111. The molecule has 2 aromatic rings. The summed E-state index contributed by atoms with van der Waals surface area (Å²) in [5.74, 6) is 0. The molecule has 0 saturated heterocycles. The predicted molar refractivity (Wildman–Crippen MR) is 56.6 cm³/mol. The Kier molecular flexibility index (Phi) is 1.77. The number of benzene rings is 1. The van der Waals surface area contributed by atoms with Gasteiger partial charge in [-0.25, -0.2) is 0 Å². The lowest BCUT2D eigenvalue weighted by Crippen LogP contribution is -2.10. The molecule has 0 aliphatic heterocycles. The Morgan fingerprint density at radius 2 is 2.15 bits per heavy atom. The maximum absolute atomic E-state index is 5.55. The molecular formula is C9H9N3S. The van der Waals surface area contributed by atoms with E-state index in [2.05, 4.69) is 5.10 Å². The van der Waals surface area contributed by atoms with Crippen molar-refractivity contribution in [2.75, 3.05) is 0 Å². The van der Waals surface area contributed by atoms with Gasteiger partial charge < -0.3 is 5.73 Å². The molecule has 3 nitrogen and oxygen atoms in total. The molecule has 0 atom stereocenters. The molecule has 66 valence electrons. The topological polar surface area (TPSA) is 43.8 Å². The number of para-hydroxylation sites is 1. The summed E-state index contributed by atoms with van der Waals surface area (Å²) in [6.07, 6.45) is 0. The summed E-state index contributed by atoms with van der Waals surface area (Å²) in [5.41, 5.74) is 7.30. The van der Waals surface area contributed by atoms with Crippen LogP contribution in [0.3, 0.4) is 0 Å². The second-order valence-electron chi connectivity index (χ2n) is 2.85. The Morgan fingerprint density at radius 1 is 1.46 bits per heavy atom. The first-order chi connectivity index (χ1) is 6.20. The highest BCUT2D eigenvalue weighted by molar-refractivity contribution is 7.80. The number of aromatic nitrogens is 2. The second kappa shape index (κ2) is 2.81. The lowest BCUT2D eigenvalue weighted by molar-refractivity contribution is 0.793. The molecule has 0 fully saturated rings. The summed E-state index contributed by atoms with van der Waals surface area (Å²) in [4.78, 5) is 0.344. The van der Waals surface area contributed by atoms with Gasteiger partial charge in [0, 0.05) is 12.4 Å². The molecule has 4 heteroatoms. The van der Waals surface area contributed by atoms with Gasteiger partial charge in [-0.3, -0.25) is 4.68 Å². The van der Waals surface area contributed by atoms with Crippen LogP contribution < -0.4 is 5.73 Å². The summed E-state index contributed by atoms with van der Waals surface area (Å²) in [6.45, 7) is 0. The third-order valence-electron chi connectivity index (χ3n) is 1.99. The highest BCUT2D eigenvalue weighted by atomic mass is 32.1. The average Bonchev–Trinajstić information content (AvgIpc) is 2.45. The maximum Gasteiger partial charge on any atom is 0.127 e. The molecule has 0 spiro atoms. The van der Waals surface area contributed by atoms with Gasteiger partial charge in [0.2, 0.25) is 0 Å². The number of nitrogens with zero attached hydrogens (tertiary/aromatic N) is 2. The van der Waals surface area contributed by atoms with Gasteiger partial charge in [-0.15, -0.1) is 0 Å². The molecule has 2 N–H and O–H groups in total. The first-order valence-electron chi connectivity index (χ1n) is 3.91. The van der Waals surface area contributed by atoms with Gasteiger partial charge in [-0.1, -0.05) is 30.4 Å². The van der Waals surface area contributed by atoms with Crippen molar-refractivity contribution in [3.05, 3.63) is 30.0 Å². The average molecular weight is 191 g/mol. The number of fused-ring (bicyclic) bond motifs is 1. The van der Waals surface area contributed by atoms with E-state index < -0.39 is 0 Å². The summed E-state index contributed by atoms with van der Waals surface area (Å²) < 4.78 is 1.78. The van der Waals surface area contributed by atoms with E-state index in [1.807, 2.05) is 31.3 Å². The molecular weight excluding hydrogens is 182 g/mol. The highest BCUT2D eigenvalue weighted by Crippen LogP contribution is 2.16. The maximum atomic E-state index is 5.55. The normalized spacial score (nSPS) is 10.5. The molecule has 13 heavy (non-hydrogen) atoms. The summed E-state index contributed by atoms with van der Waals surface area (Å²) in [6, 6.07) is 7.88. The molecule has 0 amide bonds. The van der Waals surface area contributed by atoms with E-state index in [1.165, 1.54) is 0 Å². The minimum absolute atomic E-state index is 0.344. The fourth-order valence-electron chi connectivity index (χ4n) is 1.40. The molecule has 0 aliphatic carbocycles. The monoisotopic (exact) mass is 191 g/mol. The number of nitrogens with two attached hydrogens (primary N) is 1. The van der Waals surface area contributed by atoms with Gasteiger partial charge in [0.1, 0.15) is 10.7 Å². The van der Waals surface area contributed by atoms with E-state index in [-0.39, 0.29) is 0 Å². The van der Waals surface area contributed by atoms with E-state index in [0.29, 0.717) is 10.7 Å². The Morgan fingerprint density at radius 3 is 2.85 bits per heavy atom. The zero-order valence-corrected chi connectivity index (χ0v) is 8.01. The van der Waals surface area contributed by atoms with Crippen LogP contribution in [-0.2, 0) is 7.05 Å². The van der Waals surface area contributed by atoms with E-state index in [4.69, 9.17) is 18.0 Å². The van der Waals surface area contributed by atoms with Gasteiger partial charge in [-0.05, 0) is 6.07 Å². The van der Waals surface area contributed by atoms with E-state index in [1.54, 1.807) is 4.68 Å². The zero-order chi connectivity index (χ0) is 9.42. The standard InChI is InChI=1S/C9H9N3S/c1-12-7-5-3-2-4-6(7)8(11-12)9(10)13/h2-5H,1H3,(H2,10,13). The quantitative estimate of drug-likeness (QED) is 0.689.